The van der Waals surface area contributed by atoms with Gasteiger partial charge in [0.1, 0.15) is 11.3 Å². The van der Waals surface area contributed by atoms with Crippen LogP contribution < -0.4 is 4.74 Å². The molecule has 8 heteroatoms. The lowest BCUT2D eigenvalue weighted by Gasteiger charge is -2.04. The lowest BCUT2D eigenvalue weighted by atomic mass is 10.3. The standard InChI is InChI=1S/C12H6ClN3O4/c13-12-14-9-4-5-19-10(9)11(15-12)20-8-3-1-2-7(6-8)16(17)18/h1-6H. The molecule has 0 aliphatic carbocycles. The molecule has 0 N–H and O–H groups in total. The highest BCUT2D eigenvalue weighted by atomic mass is 35.5. The van der Waals surface area contributed by atoms with E-state index in [-0.39, 0.29) is 22.6 Å². The summed E-state index contributed by atoms with van der Waals surface area (Å²) in [4.78, 5) is 18.1. The number of ether oxygens (including phenoxy) is 1. The van der Waals surface area contributed by atoms with Gasteiger partial charge in [-0.3, -0.25) is 10.1 Å². The number of rotatable bonds is 3. The first-order chi connectivity index (χ1) is 9.63. The van der Waals surface area contributed by atoms with E-state index in [9.17, 15) is 10.1 Å². The summed E-state index contributed by atoms with van der Waals surface area (Å²) in [5, 5.41) is 10.7. The van der Waals surface area contributed by atoms with E-state index >= 15 is 0 Å². The van der Waals surface area contributed by atoms with Crippen molar-refractivity contribution in [1.82, 2.24) is 9.97 Å². The van der Waals surface area contributed by atoms with Crippen LogP contribution in [0.15, 0.2) is 41.0 Å². The number of nitro groups is 1. The maximum atomic E-state index is 10.7. The maximum Gasteiger partial charge on any atom is 0.273 e. The number of nitrogens with zero attached hydrogens (tertiary/aromatic N) is 3. The molecule has 0 saturated carbocycles. The predicted molar refractivity (Wildman–Crippen MR) is 70.0 cm³/mol. The molecule has 1 aromatic carbocycles. The third-order valence-electron chi connectivity index (χ3n) is 2.49. The van der Waals surface area contributed by atoms with Crippen LogP contribution in [0, 0.1) is 10.1 Å². The number of nitro benzene ring substituents is 1. The van der Waals surface area contributed by atoms with Gasteiger partial charge in [-0.2, -0.15) is 4.98 Å². The highest BCUT2D eigenvalue weighted by Crippen LogP contribution is 2.30. The van der Waals surface area contributed by atoms with Crippen LogP contribution in [0.3, 0.4) is 0 Å². The van der Waals surface area contributed by atoms with Crippen molar-refractivity contribution in [3.05, 3.63) is 52.0 Å². The van der Waals surface area contributed by atoms with E-state index in [1.165, 1.54) is 24.5 Å². The summed E-state index contributed by atoms with van der Waals surface area (Å²) in [5.74, 6) is 0.358. The van der Waals surface area contributed by atoms with Gasteiger partial charge in [-0.25, -0.2) is 4.98 Å². The highest BCUT2D eigenvalue weighted by Gasteiger charge is 2.13. The SMILES string of the molecule is O=[N+]([O-])c1cccc(Oc2nc(Cl)nc3ccoc23)c1. The van der Waals surface area contributed by atoms with Crippen LogP contribution in [-0.2, 0) is 0 Å². The Balaban J connectivity index is 2.02. The average Bonchev–Trinajstić information content (AvgIpc) is 2.87. The van der Waals surface area contributed by atoms with Gasteiger partial charge in [0.15, 0.2) is 0 Å². The second-order valence-corrected chi connectivity index (χ2v) is 4.13. The summed E-state index contributed by atoms with van der Waals surface area (Å²) >= 11 is 5.78. The third-order valence-corrected chi connectivity index (χ3v) is 2.66. The Bertz CT molecular complexity index is 802. The number of hydrogen-bond donors (Lipinski definition) is 0. The maximum absolute atomic E-state index is 10.7. The largest absolute Gasteiger partial charge is 0.457 e. The first kappa shape index (κ1) is 12.4. The number of halogens is 1. The third kappa shape index (κ3) is 2.26. The second kappa shape index (κ2) is 4.78. The van der Waals surface area contributed by atoms with Crippen molar-refractivity contribution in [2.45, 2.75) is 0 Å². The fraction of sp³-hybridized carbons (Fsp3) is 0. The van der Waals surface area contributed by atoms with Crippen molar-refractivity contribution in [2.24, 2.45) is 0 Å². The Labute approximate surface area is 116 Å². The topological polar surface area (TPSA) is 91.3 Å². The smallest absolute Gasteiger partial charge is 0.273 e. The number of non-ortho nitro benzene ring substituents is 1. The number of furan rings is 1. The van der Waals surface area contributed by atoms with Gasteiger partial charge in [-0.1, -0.05) is 6.07 Å². The Morgan fingerprint density at radius 3 is 2.95 bits per heavy atom. The Hall–Kier alpha value is -2.67. The fourth-order valence-electron chi connectivity index (χ4n) is 1.65. The molecule has 0 amide bonds. The van der Waals surface area contributed by atoms with E-state index in [4.69, 9.17) is 20.8 Å². The molecule has 20 heavy (non-hydrogen) atoms. The molecule has 0 atom stereocenters. The molecule has 0 fully saturated rings. The molecule has 7 nitrogen and oxygen atoms in total. The van der Waals surface area contributed by atoms with Crippen molar-refractivity contribution < 1.29 is 14.1 Å². The van der Waals surface area contributed by atoms with Crippen LogP contribution in [0.25, 0.3) is 11.1 Å². The van der Waals surface area contributed by atoms with Crippen LogP contribution in [0.1, 0.15) is 0 Å². The van der Waals surface area contributed by atoms with Crippen LogP contribution in [0.4, 0.5) is 5.69 Å². The molecule has 100 valence electrons. The van der Waals surface area contributed by atoms with E-state index in [0.29, 0.717) is 11.1 Å². The predicted octanol–water partition coefficient (Wildman–Crippen LogP) is 3.58. The average molecular weight is 292 g/mol. The summed E-state index contributed by atoms with van der Waals surface area (Å²) in [6, 6.07) is 7.34. The number of fused-ring (bicyclic) bond motifs is 1. The molecule has 3 rings (SSSR count). The summed E-state index contributed by atoms with van der Waals surface area (Å²) in [7, 11) is 0. The first-order valence-electron chi connectivity index (χ1n) is 5.46. The van der Waals surface area contributed by atoms with Crippen molar-refractivity contribution >= 4 is 28.4 Å². The van der Waals surface area contributed by atoms with Crippen LogP contribution >= 0.6 is 11.6 Å². The molecule has 0 aliphatic heterocycles. The molecule has 0 unspecified atom stereocenters. The summed E-state index contributed by atoms with van der Waals surface area (Å²) in [5.41, 5.74) is 0.727. The lowest BCUT2D eigenvalue weighted by Crippen LogP contribution is -1.93. The quantitative estimate of drug-likeness (QED) is 0.416. The molecule has 2 aromatic heterocycles. The van der Waals surface area contributed by atoms with Crippen LogP contribution in [-0.4, -0.2) is 14.9 Å². The molecule has 3 aromatic rings. The molecular weight excluding hydrogens is 286 g/mol. The molecule has 2 heterocycles. The zero-order valence-corrected chi connectivity index (χ0v) is 10.6. The highest BCUT2D eigenvalue weighted by molar-refractivity contribution is 6.28. The minimum absolute atomic E-state index is 0.000620. The Morgan fingerprint density at radius 1 is 1.30 bits per heavy atom. The second-order valence-electron chi connectivity index (χ2n) is 3.79. The Kier molecular flexibility index (Phi) is 2.96. The van der Waals surface area contributed by atoms with Crippen LogP contribution in [0.2, 0.25) is 5.28 Å². The lowest BCUT2D eigenvalue weighted by molar-refractivity contribution is -0.384. The van der Waals surface area contributed by atoms with Gasteiger partial charge in [-0.05, 0) is 17.7 Å². The van der Waals surface area contributed by atoms with Gasteiger partial charge >= 0.3 is 0 Å². The number of benzene rings is 1. The molecular formula is C12H6ClN3O4. The summed E-state index contributed by atoms with van der Waals surface area (Å²) in [6.45, 7) is 0. The fourth-order valence-corrected chi connectivity index (χ4v) is 1.82. The normalized spacial score (nSPS) is 10.7. The van der Waals surface area contributed by atoms with E-state index in [1.807, 2.05) is 0 Å². The van der Waals surface area contributed by atoms with E-state index < -0.39 is 4.92 Å². The molecule has 0 bridgehead atoms. The molecule has 0 aliphatic rings. The van der Waals surface area contributed by atoms with Gasteiger partial charge < -0.3 is 9.15 Å². The zero-order valence-electron chi connectivity index (χ0n) is 9.82. The van der Waals surface area contributed by atoms with Gasteiger partial charge in [0.25, 0.3) is 11.6 Å². The van der Waals surface area contributed by atoms with Gasteiger partial charge in [0.2, 0.25) is 10.9 Å². The van der Waals surface area contributed by atoms with Crippen molar-refractivity contribution in [2.75, 3.05) is 0 Å². The molecule has 0 spiro atoms. The van der Waals surface area contributed by atoms with E-state index in [2.05, 4.69) is 9.97 Å². The first-order valence-corrected chi connectivity index (χ1v) is 5.84. The zero-order chi connectivity index (χ0) is 14.1. The number of aromatic nitrogens is 2. The van der Waals surface area contributed by atoms with Gasteiger partial charge in [0, 0.05) is 12.1 Å². The molecule has 0 radical (unpaired) electrons. The van der Waals surface area contributed by atoms with E-state index in [1.54, 1.807) is 12.1 Å². The summed E-state index contributed by atoms with van der Waals surface area (Å²) in [6.07, 6.45) is 1.43. The van der Waals surface area contributed by atoms with Gasteiger partial charge in [0.05, 0.1) is 17.3 Å². The van der Waals surface area contributed by atoms with Crippen molar-refractivity contribution in [3.63, 3.8) is 0 Å². The molecule has 0 saturated heterocycles. The van der Waals surface area contributed by atoms with Crippen molar-refractivity contribution in [3.8, 4) is 11.6 Å². The minimum atomic E-state index is -0.512. The number of hydrogen-bond acceptors (Lipinski definition) is 6. The summed E-state index contributed by atoms with van der Waals surface area (Å²) < 4.78 is 10.7. The Morgan fingerprint density at radius 2 is 2.15 bits per heavy atom. The monoisotopic (exact) mass is 291 g/mol. The van der Waals surface area contributed by atoms with Gasteiger partial charge in [-0.15, -0.1) is 0 Å². The van der Waals surface area contributed by atoms with Crippen molar-refractivity contribution in [1.29, 1.82) is 0 Å². The minimum Gasteiger partial charge on any atom is -0.457 e. The van der Waals surface area contributed by atoms with Crippen LogP contribution in [0.5, 0.6) is 11.6 Å². The van der Waals surface area contributed by atoms with E-state index in [0.717, 1.165) is 0 Å².